The van der Waals surface area contributed by atoms with Gasteiger partial charge in [0.05, 0.1) is 64.9 Å². The van der Waals surface area contributed by atoms with Gasteiger partial charge < -0.3 is 25.3 Å². The fourth-order valence-corrected chi connectivity index (χ4v) is 9.84. The van der Waals surface area contributed by atoms with Gasteiger partial charge in [-0.15, -0.1) is 0 Å². The Hall–Kier alpha value is -5.45. The molecule has 320 valence electrons. The van der Waals surface area contributed by atoms with Gasteiger partial charge in [-0.2, -0.15) is 5.10 Å². The summed E-state index contributed by atoms with van der Waals surface area (Å²) in [4.78, 5) is 73.2. The number of halogens is 1. The van der Waals surface area contributed by atoms with Crippen LogP contribution in [0.1, 0.15) is 75.3 Å². The quantitative estimate of drug-likeness (QED) is 0.186. The number of hydrogen-bond donors (Lipinski definition) is 3. The molecule has 0 radical (unpaired) electrons. The summed E-state index contributed by atoms with van der Waals surface area (Å²) >= 11 is 6.58. The number of nitrogens with zero attached hydrogens (tertiary/aromatic N) is 9. The van der Waals surface area contributed by atoms with Gasteiger partial charge in [0.15, 0.2) is 0 Å². The summed E-state index contributed by atoms with van der Waals surface area (Å²) in [5.41, 5.74) is 4.41. The average molecular weight is 849 g/mol. The lowest BCUT2D eigenvalue weighted by atomic mass is 9.77. The van der Waals surface area contributed by atoms with Gasteiger partial charge >= 0.3 is 0 Å². The van der Waals surface area contributed by atoms with Gasteiger partial charge in [0.1, 0.15) is 6.04 Å². The summed E-state index contributed by atoms with van der Waals surface area (Å²) in [5.74, 6) is 0.485. The topological polar surface area (TPSA) is 174 Å². The van der Waals surface area contributed by atoms with E-state index in [-0.39, 0.29) is 23.6 Å². The van der Waals surface area contributed by atoms with Crippen LogP contribution >= 0.6 is 11.6 Å². The minimum atomic E-state index is -0.488. The second-order valence-electron chi connectivity index (χ2n) is 17.4. The molecule has 17 heteroatoms. The fourth-order valence-electron chi connectivity index (χ4n) is 9.64. The van der Waals surface area contributed by atoms with Crippen molar-refractivity contribution < 1.29 is 19.2 Å². The molecule has 16 nitrogen and oxygen atoms in total. The third kappa shape index (κ3) is 8.98. The van der Waals surface area contributed by atoms with Crippen molar-refractivity contribution in [2.45, 2.75) is 75.8 Å². The standard InChI is InChI=1S/C44H53ClN12O4/c1-53-15-10-34(11-16-53)57-27-31(23-48-57)40-36(45)26-47-43(52-40)50-33-22-35(25-46-24-33)56-21-14-44(42(56)61)12-19-55(20-13-44)39(59)28-54-17-8-30(9-18-54)29-2-4-32(5-3-29)49-37-6-7-38(58)51-41(37)60/h2-5,22-27,30,34,37,49H,6-21,28H2,1H3,(H,47,50,52)(H,51,58,60). The number of imide groups is 1. The summed E-state index contributed by atoms with van der Waals surface area (Å²) in [6.07, 6.45) is 15.7. The molecular formula is C44H53ClN12O4. The maximum atomic E-state index is 14.1. The Morgan fingerprint density at radius 1 is 0.885 bits per heavy atom. The van der Waals surface area contributed by atoms with Crippen LogP contribution in [0.2, 0.25) is 5.02 Å². The first-order valence-electron chi connectivity index (χ1n) is 21.6. The molecule has 4 aromatic rings. The average Bonchev–Trinajstić information content (AvgIpc) is 3.88. The number of anilines is 4. The number of piperidine rings is 4. The maximum absolute atomic E-state index is 14.1. The van der Waals surface area contributed by atoms with Crippen LogP contribution < -0.4 is 20.9 Å². The summed E-state index contributed by atoms with van der Waals surface area (Å²) in [6.45, 7) is 5.89. The van der Waals surface area contributed by atoms with Crippen molar-refractivity contribution in [2.24, 2.45) is 5.41 Å². The van der Waals surface area contributed by atoms with Crippen LogP contribution in [0.25, 0.3) is 11.3 Å². The number of carbonyl (C=O) groups is 4. The highest BCUT2D eigenvalue weighted by molar-refractivity contribution is 6.32. The lowest BCUT2D eigenvalue weighted by Crippen LogP contribution is -2.49. The minimum Gasteiger partial charge on any atom is -0.374 e. The number of hydrogen-bond acceptors (Lipinski definition) is 12. The molecule has 5 saturated heterocycles. The van der Waals surface area contributed by atoms with Crippen LogP contribution in [-0.2, 0) is 19.2 Å². The van der Waals surface area contributed by atoms with Crippen LogP contribution in [0, 0.1) is 5.41 Å². The highest BCUT2D eigenvalue weighted by Gasteiger charge is 2.49. The van der Waals surface area contributed by atoms with E-state index in [4.69, 9.17) is 16.6 Å². The Balaban J connectivity index is 0.745. The number of aromatic nitrogens is 5. The summed E-state index contributed by atoms with van der Waals surface area (Å²) in [7, 11) is 2.14. The molecular weight excluding hydrogens is 796 g/mol. The molecule has 4 amide bonds. The van der Waals surface area contributed by atoms with Crippen LogP contribution in [0.15, 0.2) is 61.3 Å². The van der Waals surface area contributed by atoms with Gasteiger partial charge in [-0.3, -0.25) is 39.1 Å². The lowest BCUT2D eigenvalue weighted by Gasteiger charge is -2.39. The number of carbonyl (C=O) groups excluding carboxylic acids is 4. The molecule has 9 rings (SSSR count). The number of likely N-dealkylation sites (tertiary alicyclic amines) is 3. The van der Waals surface area contributed by atoms with E-state index in [0.29, 0.717) is 91.9 Å². The number of pyridine rings is 1. The Morgan fingerprint density at radius 3 is 2.39 bits per heavy atom. The van der Waals surface area contributed by atoms with Gasteiger partial charge in [0, 0.05) is 43.5 Å². The molecule has 1 spiro atoms. The van der Waals surface area contributed by atoms with Gasteiger partial charge in [0.2, 0.25) is 29.6 Å². The maximum Gasteiger partial charge on any atom is 0.249 e. The Morgan fingerprint density at radius 2 is 1.64 bits per heavy atom. The van der Waals surface area contributed by atoms with Gasteiger partial charge in [-0.25, -0.2) is 9.97 Å². The van der Waals surface area contributed by atoms with E-state index in [1.54, 1.807) is 24.8 Å². The number of rotatable bonds is 10. The number of benzene rings is 1. The van der Waals surface area contributed by atoms with Crippen LogP contribution in [0.4, 0.5) is 23.0 Å². The predicted octanol–water partition coefficient (Wildman–Crippen LogP) is 4.84. The van der Waals surface area contributed by atoms with Crippen LogP contribution in [-0.4, -0.2) is 129 Å². The first-order chi connectivity index (χ1) is 29.6. The normalized spacial score (nSPS) is 21.9. The highest BCUT2D eigenvalue weighted by Crippen LogP contribution is 2.43. The highest BCUT2D eigenvalue weighted by atomic mass is 35.5. The zero-order chi connectivity index (χ0) is 42.1. The van der Waals surface area contributed by atoms with Crippen molar-refractivity contribution in [1.29, 1.82) is 0 Å². The molecule has 3 aromatic heterocycles. The molecule has 3 N–H and O–H groups in total. The van der Waals surface area contributed by atoms with Gasteiger partial charge in [-0.05, 0) is 114 Å². The molecule has 8 heterocycles. The largest absolute Gasteiger partial charge is 0.374 e. The van der Waals surface area contributed by atoms with E-state index in [1.807, 2.05) is 38.9 Å². The molecule has 1 unspecified atom stereocenters. The van der Waals surface area contributed by atoms with E-state index in [9.17, 15) is 19.2 Å². The molecule has 1 aromatic carbocycles. The summed E-state index contributed by atoms with van der Waals surface area (Å²) in [5, 5.41) is 14.0. The van der Waals surface area contributed by atoms with Crippen molar-refractivity contribution >= 4 is 58.2 Å². The lowest BCUT2D eigenvalue weighted by molar-refractivity contribution is -0.138. The van der Waals surface area contributed by atoms with E-state index in [2.05, 4.69) is 60.0 Å². The molecule has 0 bridgehead atoms. The molecule has 0 saturated carbocycles. The fraction of sp³-hybridized carbons (Fsp3) is 0.500. The first-order valence-corrected chi connectivity index (χ1v) is 22.0. The second kappa shape index (κ2) is 17.5. The predicted molar refractivity (Wildman–Crippen MR) is 231 cm³/mol. The second-order valence-corrected chi connectivity index (χ2v) is 17.8. The van der Waals surface area contributed by atoms with E-state index >= 15 is 0 Å². The molecule has 5 aliphatic heterocycles. The van der Waals surface area contributed by atoms with Crippen molar-refractivity contribution in [2.75, 3.05) is 74.9 Å². The first kappa shape index (κ1) is 40.9. The smallest absolute Gasteiger partial charge is 0.249 e. The van der Waals surface area contributed by atoms with Crippen molar-refractivity contribution in [3.63, 3.8) is 0 Å². The Bertz CT molecular complexity index is 2260. The van der Waals surface area contributed by atoms with Crippen molar-refractivity contribution in [3.8, 4) is 11.3 Å². The van der Waals surface area contributed by atoms with Gasteiger partial charge in [-0.1, -0.05) is 23.7 Å². The SMILES string of the molecule is CN1CCC(n2cc(-c3nc(Nc4cncc(N5CCC6(CCN(C(=O)CN7CCC(c8ccc(NC9CCC(=O)NC9=O)cc8)CC7)CC6)C5=O)c4)ncc3Cl)cn2)CC1. The Labute approximate surface area is 360 Å². The van der Waals surface area contributed by atoms with E-state index in [0.717, 1.165) is 69.5 Å². The zero-order valence-corrected chi connectivity index (χ0v) is 35.3. The molecule has 0 aliphatic carbocycles. The molecule has 5 aliphatic rings. The Kier molecular flexibility index (Phi) is 11.7. The summed E-state index contributed by atoms with van der Waals surface area (Å²) < 4.78 is 2.02. The van der Waals surface area contributed by atoms with Gasteiger partial charge in [0.25, 0.3) is 0 Å². The third-order valence-electron chi connectivity index (χ3n) is 13.5. The van der Waals surface area contributed by atoms with Crippen molar-refractivity contribution in [3.05, 3.63) is 71.9 Å². The van der Waals surface area contributed by atoms with Crippen LogP contribution in [0.5, 0.6) is 0 Å². The number of amides is 4. The number of nitrogens with one attached hydrogen (secondary N) is 3. The summed E-state index contributed by atoms with van der Waals surface area (Å²) in [6, 6.07) is 10.1. The molecule has 61 heavy (non-hydrogen) atoms. The third-order valence-corrected chi connectivity index (χ3v) is 13.7. The monoisotopic (exact) mass is 848 g/mol. The van der Waals surface area contributed by atoms with E-state index in [1.165, 1.54) is 5.56 Å². The minimum absolute atomic E-state index is 0.0899. The zero-order valence-electron chi connectivity index (χ0n) is 34.6. The molecule has 5 fully saturated rings. The van der Waals surface area contributed by atoms with Crippen LogP contribution in [0.3, 0.4) is 0 Å². The van der Waals surface area contributed by atoms with E-state index < -0.39 is 11.5 Å². The van der Waals surface area contributed by atoms with Crippen molar-refractivity contribution in [1.82, 2.24) is 44.7 Å². The molecule has 1 atom stereocenters.